The number of aromatic nitrogens is 2. The number of nitrogens with zero attached hydrogens (tertiary/aromatic N) is 3. The lowest BCUT2D eigenvalue weighted by Crippen LogP contribution is -2.59. The predicted molar refractivity (Wildman–Crippen MR) is 99.1 cm³/mol. The highest BCUT2D eigenvalue weighted by atomic mass is 19.1. The number of carbonyl (C=O) groups excluding carboxylic acids is 2. The van der Waals surface area contributed by atoms with Crippen LogP contribution < -0.4 is 0 Å². The monoisotopic (exact) mass is 404 g/mol. The lowest BCUT2D eigenvalue weighted by molar-refractivity contribution is -0.145. The van der Waals surface area contributed by atoms with Gasteiger partial charge in [-0.2, -0.15) is 0 Å². The Labute approximate surface area is 166 Å². The van der Waals surface area contributed by atoms with Crippen molar-refractivity contribution >= 4 is 11.8 Å². The third-order valence-electron chi connectivity index (χ3n) is 5.87. The van der Waals surface area contributed by atoms with E-state index in [1.54, 1.807) is 11.2 Å². The Kier molecular flexibility index (Phi) is 5.08. The zero-order valence-corrected chi connectivity index (χ0v) is 16.1. The third kappa shape index (κ3) is 3.29. The summed E-state index contributed by atoms with van der Waals surface area (Å²) in [6.07, 6.45) is 3.21. The van der Waals surface area contributed by atoms with Crippen LogP contribution in [0, 0.1) is 11.6 Å². The number of methoxy groups -OCH3 is 1. The summed E-state index contributed by atoms with van der Waals surface area (Å²) in [5, 5.41) is 0. The van der Waals surface area contributed by atoms with Crippen molar-refractivity contribution in [2.24, 2.45) is 0 Å². The van der Waals surface area contributed by atoms with Crippen LogP contribution in [0.5, 0.6) is 0 Å². The number of hydrogen-bond acceptors (Lipinski definition) is 4. The average Bonchev–Trinajstić information content (AvgIpc) is 3.20. The molecule has 29 heavy (non-hydrogen) atoms. The van der Waals surface area contributed by atoms with Crippen molar-refractivity contribution in [2.45, 2.75) is 24.8 Å². The Balaban J connectivity index is 1.59. The van der Waals surface area contributed by atoms with Crippen molar-refractivity contribution in [3.8, 4) is 0 Å². The summed E-state index contributed by atoms with van der Waals surface area (Å²) in [4.78, 5) is 36.4. The number of imidazole rings is 1. The number of carbonyl (C=O) groups is 2. The second-order valence-electron chi connectivity index (χ2n) is 7.41. The number of piperidine rings is 1. The predicted octanol–water partition coefficient (Wildman–Crippen LogP) is 1.85. The Morgan fingerprint density at radius 2 is 2.00 bits per heavy atom. The van der Waals surface area contributed by atoms with Gasteiger partial charge in [-0.25, -0.2) is 13.8 Å². The average molecular weight is 404 g/mol. The molecule has 3 heterocycles. The van der Waals surface area contributed by atoms with Gasteiger partial charge in [-0.15, -0.1) is 0 Å². The first-order chi connectivity index (χ1) is 14.0. The number of fused-ring (bicyclic) bond motifs is 2. The number of amides is 2. The van der Waals surface area contributed by atoms with Gasteiger partial charge in [-0.3, -0.25) is 9.59 Å². The number of hydrogen-bond donors (Lipinski definition) is 1. The molecule has 9 heteroatoms. The van der Waals surface area contributed by atoms with Crippen molar-refractivity contribution in [1.29, 1.82) is 0 Å². The molecular formula is C20H22F2N4O3. The Morgan fingerprint density at radius 3 is 2.72 bits per heavy atom. The molecule has 0 saturated carbocycles. The molecule has 4 rings (SSSR count). The van der Waals surface area contributed by atoms with E-state index in [1.165, 1.54) is 12.0 Å². The van der Waals surface area contributed by atoms with E-state index >= 15 is 0 Å². The van der Waals surface area contributed by atoms with Crippen LogP contribution in [0.3, 0.4) is 0 Å². The number of H-pyrrole nitrogens is 1. The highest BCUT2D eigenvalue weighted by Gasteiger charge is 2.49. The Morgan fingerprint density at radius 1 is 1.24 bits per heavy atom. The van der Waals surface area contributed by atoms with E-state index in [0.29, 0.717) is 38.9 Å². The van der Waals surface area contributed by atoms with Crippen LogP contribution in [-0.2, 0) is 21.5 Å². The van der Waals surface area contributed by atoms with Crippen molar-refractivity contribution in [1.82, 2.24) is 19.8 Å². The lowest BCUT2D eigenvalue weighted by Gasteiger charge is -2.50. The van der Waals surface area contributed by atoms with E-state index in [-0.39, 0.29) is 18.1 Å². The minimum absolute atomic E-state index is 0.0291. The summed E-state index contributed by atoms with van der Waals surface area (Å²) >= 11 is 0. The summed E-state index contributed by atoms with van der Waals surface area (Å²) in [7, 11) is 1.48. The van der Waals surface area contributed by atoms with E-state index < -0.39 is 23.1 Å². The van der Waals surface area contributed by atoms with Gasteiger partial charge in [0.2, 0.25) is 5.91 Å². The minimum Gasteiger partial charge on any atom is -0.375 e. The number of rotatable bonds is 3. The number of ether oxygens (including phenoxy) is 1. The molecule has 0 atom stereocenters. The van der Waals surface area contributed by atoms with E-state index in [9.17, 15) is 18.4 Å². The van der Waals surface area contributed by atoms with Gasteiger partial charge in [0, 0.05) is 38.9 Å². The lowest BCUT2D eigenvalue weighted by atomic mass is 9.78. The van der Waals surface area contributed by atoms with Crippen molar-refractivity contribution in [2.75, 3.05) is 33.4 Å². The second-order valence-corrected chi connectivity index (χ2v) is 7.41. The van der Waals surface area contributed by atoms with Crippen LogP contribution in [-0.4, -0.2) is 64.9 Å². The molecular weight excluding hydrogens is 382 g/mol. The van der Waals surface area contributed by atoms with Crippen LogP contribution >= 0.6 is 0 Å². The third-order valence-corrected chi connectivity index (χ3v) is 5.87. The molecule has 0 bridgehead atoms. The van der Waals surface area contributed by atoms with Gasteiger partial charge >= 0.3 is 0 Å². The standard InChI is InChI=1S/C20H22F2N4O3/c1-29-11-17(27)26-7-4-16-18(24-12-23-16)20(26)5-8-25(9-6-20)19(28)14-10-13(21)2-3-15(14)22/h2-3,10,12H,4-9,11H2,1H3,(H,23,24). The molecule has 0 aliphatic carbocycles. The molecule has 7 nitrogen and oxygen atoms in total. The molecule has 154 valence electrons. The van der Waals surface area contributed by atoms with Crippen LogP contribution in [0.25, 0.3) is 0 Å². The van der Waals surface area contributed by atoms with Gasteiger partial charge in [-0.05, 0) is 31.0 Å². The van der Waals surface area contributed by atoms with Crippen LogP contribution in [0.4, 0.5) is 8.78 Å². The van der Waals surface area contributed by atoms with E-state index in [0.717, 1.165) is 29.6 Å². The van der Waals surface area contributed by atoms with Crippen molar-refractivity contribution in [3.05, 3.63) is 53.1 Å². The summed E-state index contributed by atoms with van der Waals surface area (Å²) in [6, 6.07) is 2.86. The molecule has 1 aromatic heterocycles. The van der Waals surface area contributed by atoms with Gasteiger partial charge in [0.25, 0.3) is 5.91 Å². The maximum atomic E-state index is 14.0. The summed E-state index contributed by atoms with van der Waals surface area (Å²) in [6.45, 7) is 1.11. The van der Waals surface area contributed by atoms with Gasteiger partial charge in [0.15, 0.2) is 0 Å². The Hall–Kier alpha value is -2.81. The number of likely N-dealkylation sites (tertiary alicyclic amines) is 1. The highest BCUT2D eigenvalue weighted by molar-refractivity contribution is 5.94. The van der Waals surface area contributed by atoms with Gasteiger partial charge in [0.05, 0.1) is 23.1 Å². The molecule has 2 amide bonds. The highest BCUT2D eigenvalue weighted by Crippen LogP contribution is 2.42. The number of benzene rings is 1. The molecule has 0 unspecified atom stereocenters. The van der Waals surface area contributed by atoms with Crippen LogP contribution in [0.15, 0.2) is 24.5 Å². The molecule has 1 aromatic carbocycles. The maximum absolute atomic E-state index is 14.0. The molecule has 2 aliphatic rings. The first-order valence-electron chi connectivity index (χ1n) is 9.53. The molecule has 1 spiro atoms. The number of aromatic amines is 1. The smallest absolute Gasteiger partial charge is 0.256 e. The van der Waals surface area contributed by atoms with Crippen LogP contribution in [0.1, 0.15) is 34.6 Å². The molecule has 0 radical (unpaired) electrons. The minimum atomic E-state index is -0.749. The van der Waals surface area contributed by atoms with Crippen molar-refractivity contribution < 1.29 is 23.1 Å². The van der Waals surface area contributed by atoms with Crippen LogP contribution in [0.2, 0.25) is 0 Å². The summed E-state index contributed by atoms with van der Waals surface area (Å²) < 4.78 is 32.6. The first-order valence-corrected chi connectivity index (χ1v) is 9.53. The maximum Gasteiger partial charge on any atom is 0.256 e. The normalized spacial score (nSPS) is 18.0. The van der Waals surface area contributed by atoms with E-state index in [4.69, 9.17) is 4.74 Å². The molecule has 2 aromatic rings. The van der Waals surface area contributed by atoms with Gasteiger partial charge < -0.3 is 19.5 Å². The molecule has 2 aliphatic heterocycles. The summed E-state index contributed by atoms with van der Waals surface area (Å²) in [5.74, 6) is -2.09. The SMILES string of the molecule is COCC(=O)N1CCc2[nH]cnc2C12CCN(C(=O)c1cc(F)ccc1F)CC2. The van der Waals surface area contributed by atoms with Gasteiger partial charge in [-0.1, -0.05) is 0 Å². The zero-order valence-electron chi connectivity index (χ0n) is 16.1. The summed E-state index contributed by atoms with van der Waals surface area (Å²) in [5.41, 5.74) is 0.887. The molecule has 1 N–H and O–H groups in total. The van der Waals surface area contributed by atoms with Crippen molar-refractivity contribution in [3.63, 3.8) is 0 Å². The quantitative estimate of drug-likeness (QED) is 0.847. The topological polar surface area (TPSA) is 78.5 Å². The van der Waals surface area contributed by atoms with E-state index in [1.807, 2.05) is 0 Å². The largest absolute Gasteiger partial charge is 0.375 e. The Bertz CT molecular complexity index is 938. The fraction of sp³-hybridized carbons (Fsp3) is 0.450. The fourth-order valence-electron chi connectivity index (χ4n) is 4.46. The van der Waals surface area contributed by atoms with Gasteiger partial charge in [0.1, 0.15) is 18.2 Å². The fourth-order valence-corrected chi connectivity index (χ4v) is 4.46. The zero-order chi connectivity index (χ0) is 20.6. The first kappa shape index (κ1) is 19.5. The number of halogens is 2. The second kappa shape index (κ2) is 7.55. The van der Waals surface area contributed by atoms with E-state index in [2.05, 4.69) is 9.97 Å². The number of nitrogens with one attached hydrogen (secondary N) is 1. The molecule has 1 saturated heterocycles. The molecule has 1 fully saturated rings.